The van der Waals surface area contributed by atoms with E-state index in [9.17, 15) is 9.59 Å². The molecule has 1 aromatic rings. The first-order valence-electron chi connectivity index (χ1n) is 7.36. The van der Waals surface area contributed by atoms with Crippen molar-refractivity contribution < 1.29 is 9.59 Å². The number of aryl methyl sites for hydroxylation is 1. The van der Waals surface area contributed by atoms with E-state index in [0.717, 1.165) is 11.3 Å². The van der Waals surface area contributed by atoms with Gasteiger partial charge < -0.3 is 16.0 Å². The number of amides is 2. The fourth-order valence-electron chi connectivity index (χ4n) is 1.77. The van der Waals surface area contributed by atoms with E-state index in [0.29, 0.717) is 31.1 Å². The summed E-state index contributed by atoms with van der Waals surface area (Å²) in [5.74, 6) is -0.0810. The average molecular weight is 291 g/mol. The number of hydrogen-bond donors (Lipinski definition) is 3. The molecule has 0 aromatic heterocycles. The van der Waals surface area contributed by atoms with Crippen molar-refractivity contribution in [1.29, 1.82) is 0 Å². The van der Waals surface area contributed by atoms with Gasteiger partial charge in [-0.25, -0.2) is 0 Å². The molecular formula is C16H25N3O2. The molecule has 0 saturated heterocycles. The Balaban J connectivity index is 2.62. The Morgan fingerprint density at radius 1 is 1.14 bits per heavy atom. The predicted molar refractivity (Wildman–Crippen MR) is 86.5 cm³/mol. The average Bonchev–Trinajstić information content (AvgIpc) is 2.42. The number of carbonyl (C=O) groups is 2. The van der Waals surface area contributed by atoms with Crippen molar-refractivity contribution in [1.82, 2.24) is 5.32 Å². The predicted octanol–water partition coefficient (Wildman–Crippen LogP) is 2.67. The molecular weight excluding hydrogens is 266 g/mol. The highest BCUT2D eigenvalue weighted by Gasteiger charge is 2.07. The molecule has 0 saturated carbocycles. The smallest absolute Gasteiger partial charge is 0.225 e. The molecule has 5 nitrogen and oxygen atoms in total. The lowest BCUT2D eigenvalue weighted by atomic mass is 10.1. The molecule has 0 heterocycles. The Bertz CT molecular complexity index is 498. The summed E-state index contributed by atoms with van der Waals surface area (Å²) in [7, 11) is 0. The van der Waals surface area contributed by atoms with Gasteiger partial charge in [-0.05, 0) is 24.6 Å². The Morgan fingerprint density at radius 2 is 1.86 bits per heavy atom. The van der Waals surface area contributed by atoms with Crippen molar-refractivity contribution in [2.24, 2.45) is 0 Å². The highest BCUT2D eigenvalue weighted by molar-refractivity contribution is 5.94. The van der Waals surface area contributed by atoms with Crippen LogP contribution in [0.3, 0.4) is 0 Å². The van der Waals surface area contributed by atoms with Crippen LogP contribution in [-0.4, -0.2) is 24.4 Å². The zero-order valence-corrected chi connectivity index (χ0v) is 13.2. The lowest BCUT2D eigenvalue weighted by molar-refractivity contribution is -0.116. The van der Waals surface area contributed by atoms with E-state index in [2.05, 4.69) is 16.0 Å². The number of anilines is 2. The monoisotopic (exact) mass is 291 g/mol. The topological polar surface area (TPSA) is 70.2 Å². The third-order valence-corrected chi connectivity index (χ3v) is 3.02. The molecule has 116 valence electrons. The van der Waals surface area contributed by atoms with Crippen LogP contribution in [0.1, 0.15) is 39.2 Å². The Hall–Kier alpha value is -1.88. The van der Waals surface area contributed by atoms with Crippen molar-refractivity contribution in [3.8, 4) is 0 Å². The summed E-state index contributed by atoms with van der Waals surface area (Å²) in [6, 6.07) is 5.87. The molecule has 0 aliphatic carbocycles. The molecule has 0 bridgehead atoms. The van der Waals surface area contributed by atoms with Gasteiger partial charge in [0.25, 0.3) is 0 Å². The second-order valence-corrected chi connectivity index (χ2v) is 5.34. The summed E-state index contributed by atoms with van der Waals surface area (Å²) in [6.45, 7) is 8.46. The lowest BCUT2D eigenvalue weighted by Crippen LogP contribution is -2.27. The van der Waals surface area contributed by atoms with E-state index in [1.165, 1.54) is 0 Å². The largest absolute Gasteiger partial charge is 0.326 e. The van der Waals surface area contributed by atoms with Crippen LogP contribution in [0.15, 0.2) is 18.2 Å². The molecule has 0 radical (unpaired) electrons. The van der Waals surface area contributed by atoms with Gasteiger partial charge in [0.2, 0.25) is 11.8 Å². The van der Waals surface area contributed by atoms with Crippen molar-refractivity contribution in [2.45, 2.75) is 46.6 Å². The molecule has 21 heavy (non-hydrogen) atoms. The van der Waals surface area contributed by atoms with Crippen molar-refractivity contribution >= 4 is 23.2 Å². The zero-order chi connectivity index (χ0) is 15.8. The first kappa shape index (κ1) is 17.2. The van der Waals surface area contributed by atoms with E-state index >= 15 is 0 Å². The van der Waals surface area contributed by atoms with Crippen LogP contribution in [0.2, 0.25) is 0 Å². The summed E-state index contributed by atoms with van der Waals surface area (Å²) in [4.78, 5) is 23.3. The summed E-state index contributed by atoms with van der Waals surface area (Å²) >= 11 is 0. The van der Waals surface area contributed by atoms with Gasteiger partial charge in [0.1, 0.15) is 0 Å². The number of nitrogens with one attached hydrogen (secondary N) is 3. The van der Waals surface area contributed by atoms with Gasteiger partial charge in [-0.3, -0.25) is 9.59 Å². The van der Waals surface area contributed by atoms with Crippen LogP contribution in [0.25, 0.3) is 0 Å². The lowest BCUT2D eigenvalue weighted by Gasteiger charge is -2.12. The van der Waals surface area contributed by atoms with Gasteiger partial charge in [0.15, 0.2) is 0 Å². The molecule has 0 aliphatic heterocycles. The number of hydrogen-bond acceptors (Lipinski definition) is 3. The van der Waals surface area contributed by atoms with Crippen molar-refractivity contribution in [3.63, 3.8) is 0 Å². The van der Waals surface area contributed by atoms with Gasteiger partial charge in [-0.2, -0.15) is 0 Å². The fourth-order valence-corrected chi connectivity index (χ4v) is 1.77. The van der Waals surface area contributed by atoms with E-state index in [1.54, 1.807) is 13.0 Å². The second kappa shape index (κ2) is 8.42. The van der Waals surface area contributed by atoms with Gasteiger partial charge in [0, 0.05) is 36.8 Å². The summed E-state index contributed by atoms with van der Waals surface area (Å²) in [5, 5.41) is 8.88. The SMILES string of the molecule is CCC(=O)Nc1ccc(C)c(NC(=O)CCNC(C)C)c1. The highest BCUT2D eigenvalue weighted by atomic mass is 16.2. The van der Waals surface area contributed by atoms with Gasteiger partial charge in [-0.15, -0.1) is 0 Å². The molecule has 1 aromatic carbocycles. The third-order valence-electron chi connectivity index (χ3n) is 3.02. The normalized spacial score (nSPS) is 10.5. The van der Waals surface area contributed by atoms with Crippen molar-refractivity contribution in [2.75, 3.05) is 17.2 Å². The minimum atomic E-state index is -0.0442. The zero-order valence-electron chi connectivity index (χ0n) is 13.2. The van der Waals surface area contributed by atoms with Crippen LogP contribution < -0.4 is 16.0 Å². The van der Waals surface area contributed by atoms with E-state index in [1.807, 2.05) is 32.9 Å². The Labute approximate surface area is 126 Å². The molecule has 2 amide bonds. The van der Waals surface area contributed by atoms with E-state index < -0.39 is 0 Å². The maximum atomic E-state index is 11.9. The Morgan fingerprint density at radius 3 is 2.48 bits per heavy atom. The molecule has 0 fully saturated rings. The molecule has 5 heteroatoms. The maximum Gasteiger partial charge on any atom is 0.225 e. The minimum absolute atomic E-state index is 0.0368. The summed E-state index contributed by atoms with van der Waals surface area (Å²) < 4.78 is 0. The van der Waals surface area contributed by atoms with Gasteiger partial charge >= 0.3 is 0 Å². The van der Waals surface area contributed by atoms with Crippen molar-refractivity contribution in [3.05, 3.63) is 23.8 Å². The maximum absolute atomic E-state index is 11.9. The number of carbonyl (C=O) groups excluding carboxylic acids is 2. The highest BCUT2D eigenvalue weighted by Crippen LogP contribution is 2.20. The first-order chi connectivity index (χ1) is 9.92. The molecule has 3 N–H and O–H groups in total. The molecule has 1 rings (SSSR count). The van der Waals surface area contributed by atoms with Crippen LogP contribution in [0, 0.1) is 6.92 Å². The third kappa shape index (κ3) is 6.40. The van der Waals surface area contributed by atoms with Crippen LogP contribution in [-0.2, 0) is 9.59 Å². The van der Waals surface area contributed by atoms with Crippen LogP contribution >= 0.6 is 0 Å². The Kier molecular flexibility index (Phi) is 6.88. The second-order valence-electron chi connectivity index (χ2n) is 5.34. The summed E-state index contributed by atoms with van der Waals surface area (Å²) in [6.07, 6.45) is 0.847. The molecule has 0 aliphatic rings. The molecule has 0 spiro atoms. The molecule has 0 atom stereocenters. The van der Waals surface area contributed by atoms with Gasteiger partial charge in [0.05, 0.1) is 0 Å². The summed E-state index contributed by atoms with van der Waals surface area (Å²) in [5.41, 5.74) is 2.40. The van der Waals surface area contributed by atoms with Crippen LogP contribution in [0.4, 0.5) is 11.4 Å². The van der Waals surface area contributed by atoms with E-state index in [4.69, 9.17) is 0 Å². The van der Waals surface area contributed by atoms with E-state index in [-0.39, 0.29) is 11.8 Å². The molecule has 0 unspecified atom stereocenters. The fraction of sp³-hybridized carbons (Fsp3) is 0.500. The van der Waals surface area contributed by atoms with Crippen LogP contribution in [0.5, 0.6) is 0 Å². The number of benzene rings is 1. The number of rotatable bonds is 7. The first-order valence-corrected chi connectivity index (χ1v) is 7.36. The quantitative estimate of drug-likeness (QED) is 0.723. The minimum Gasteiger partial charge on any atom is -0.326 e. The standard InChI is InChI=1S/C16H25N3O2/c1-5-15(20)18-13-7-6-12(4)14(10-13)19-16(21)8-9-17-11(2)3/h6-7,10-11,17H,5,8-9H2,1-4H3,(H,18,20)(H,19,21). The van der Waals surface area contributed by atoms with Gasteiger partial charge in [-0.1, -0.05) is 26.8 Å².